The predicted octanol–water partition coefficient (Wildman–Crippen LogP) is 3.13. The topological polar surface area (TPSA) is 44.7 Å². The average molecular weight is 326 g/mol. The number of anilines is 1. The van der Waals surface area contributed by atoms with Gasteiger partial charge in [0.2, 0.25) is 0 Å². The summed E-state index contributed by atoms with van der Waals surface area (Å²) in [5, 5.41) is 12.4. The fourth-order valence-electron chi connectivity index (χ4n) is 3.20. The molecule has 1 atom stereocenters. The van der Waals surface area contributed by atoms with Gasteiger partial charge in [-0.3, -0.25) is 4.90 Å². The van der Waals surface area contributed by atoms with Gasteiger partial charge in [-0.15, -0.1) is 0 Å². The van der Waals surface area contributed by atoms with Crippen molar-refractivity contribution in [2.75, 3.05) is 31.6 Å². The first-order valence-corrected chi connectivity index (χ1v) is 8.70. The number of likely N-dealkylation sites (tertiary alicyclic amines) is 1. The highest BCUT2D eigenvalue weighted by Crippen LogP contribution is 2.19. The lowest BCUT2D eigenvalue weighted by molar-refractivity contribution is 0.200. The van der Waals surface area contributed by atoms with Crippen LogP contribution in [0.1, 0.15) is 18.4 Å². The van der Waals surface area contributed by atoms with E-state index in [0.717, 1.165) is 25.4 Å². The Labute approximate surface area is 144 Å². The second kappa shape index (κ2) is 8.71. The van der Waals surface area contributed by atoms with Gasteiger partial charge in [0, 0.05) is 24.8 Å². The van der Waals surface area contributed by atoms with Gasteiger partial charge < -0.3 is 15.2 Å². The molecule has 4 heteroatoms. The van der Waals surface area contributed by atoms with Gasteiger partial charge >= 0.3 is 0 Å². The third-order valence-electron chi connectivity index (χ3n) is 4.34. The van der Waals surface area contributed by atoms with Crippen molar-refractivity contribution in [3.05, 3.63) is 60.2 Å². The van der Waals surface area contributed by atoms with Crippen LogP contribution in [0, 0.1) is 0 Å². The Kier molecular flexibility index (Phi) is 6.10. The molecule has 24 heavy (non-hydrogen) atoms. The number of nitrogens with zero attached hydrogens (tertiary/aromatic N) is 1. The molecule has 1 fully saturated rings. The number of aliphatic hydroxyl groups excluding tert-OH is 1. The number of ether oxygens (including phenoxy) is 1. The smallest absolute Gasteiger partial charge is 0.119 e. The van der Waals surface area contributed by atoms with Gasteiger partial charge in [-0.1, -0.05) is 30.3 Å². The van der Waals surface area contributed by atoms with E-state index in [1.165, 1.54) is 24.1 Å². The zero-order chi connectivity index (χ0) is 16.6. The first-order valence-electron chi connectivity index (χ1n) is 8.70. The maximum Gasteiger partial charge on any atom is 0.119 e. The molecule has 3 rings (SSSR count). The second-order valence-electron chi connectivity index (χ2n) is 6.30. The van der Waals surface area contributed by atoms with Crippen molar-refractivity contribution in [3.8, 4) is 5.75 Å². The first kappa shape index (κ1) is 16.8. The van der Waals surface area contributed by atoms with Crippen LogP contribution in [0.3, 0.4) is 0 Å². The number of hydrogen-bond acceptors (Lipinski definition) is 4. The van der Waals surface area contributed by atoms with Crippen molar-refractivity contribution in [1.29, 1.82) is 0 Å². The van der Waals surface area contributed by atoms with Crippen LogP contribution < -0.4 is 10.1 Å². The molecule has 128 valence electrons. The molecule has 2 aromatic carbocycles. The van der Waals surface area contributed by atoms with Crippen LogP contribution in [0.15, 0.2) is 54.6 Å². The van der Waals surface area contributed by atoms with E-state index >= 15 is 0 Å². The summed E-state index contributed by atoms with van der Waals surface area (Å²) < 4.78 is 5.41. The summed E-state index contributed by atoms with van der Waals surface area (Å²) in [6, 6.07) is 19.1. The van der Waals surface area contributed by atoms with E-state index in [-0.39, 0.29) is 6.61 Å². The van der Waals surface area contributed by atoms with Crippen molar-refractivity contribution in [2.24, 2.45) is 0 Å². The SMILES string of the molecule is OCCOc1ccc(CN2CCC[C@@H](Nc3ccccc3)C2)cc1. The van der Waals surface area contributed by atoms with E-state index < -0.39 is 0 Å². The zero-order valence-electron chi connectivity index (χ0n) is 14.0. The largest absolute Gasteiger partial charge is 0.491 e. The molecule has 1 aliphatic heterocycles. The van der Waals surface area contributed by atoms with E-state index in [2.05, 4.69) is 46.6 Å². The van der Waals surface area contributed by atoms with Gasteiger partial charge in [0.05, 0.1) is 6.61 Å². The highest BCUT2D eigenvalue weighted by molar-refractivity contribution is 5.43. The molecule has 1 saturated heterocycles. The lowest BCUT2D eigenvalue weighted by Crippen LogP contribution is -2.41. The Morgan fingerprint density at radius 3 is 2.62 bits per heavy atom. The number of aliphatic hydroxyl groups is 1. The molecular weight excluding hydrogens is 300 g/mol. The van der Waals surface area contributed by atoms with Crippen LogP contribution in [0.2, 0.25) is 0 Å². The van der Waals surface area contributed by atoms with Gasteiger partial charge in [-0.05, 0) is 49.2 Å². The molecule has 2 aromatic rings. The van der Waals surface area contributed by atoms with E-state index in [0.29, 0.717) is 12.6 Å². The Bertz CT molecular complexity index is 601. The Morgan fingerprint density at radius 2 is 1.88 bits per heavy atom. The minimum atomic E-state index is 0.0470. The molecule has 0 amide bonds. The van der Waals surface area contributed by atoms with Gasteiger partial charge in [-0.2, -0.15) is 0 Å². The van der Waals surface area contributed by atoms with Crippen molar-refractivity contribution >= 4 is 5.69 Å². The Morgan fingerprint density at radius 1 is 1.08 bits per heavy atom. The maximum atomic E-state index is 8.79. The summed E-state index contributed by atoms with van der Waals surface area (Å²) in [6.07, 6.45) is 2.45. The maximum absolute atomic E-state index is 8.79. The van der Waals surface area contributed by atoms with E-state index in [4.69, 9.17) is 9.84 Å². The van der Waals surface area contributed by atoms with Gasteiger partial charge in [-0.25, -0.2) is 0 Å². The molecule has 1 heterocycles. The third kappa shape index (κ3) is 4.98. The number of para-hydroxylation sites is 1. The number of rotatable bonds is 7. The van der Waals surface area contributed by atoms with Crippen LogP contribution in [0.5, 0.6) is 5.75 Å². The minimum Gasteiger partial charge on any atom is -0.491 e. The molecule has 0 radical (unpaired) electrons. The highest BCUT2D eigenvalue weighted by Gasteiger charge is 2.19. The number of hydrogen-bond donors (Lipinski definition) is 2. The molecular formula is C20H26N2O2. The molecule has 1 aliphatic rings. The molecule has 0 aliphatic carbocycles. The molecule has 4 nitrogen and oxygen atoms in total. The van der Waals surface area contributed by atoms with E-state index in [1.807, 2.05) is 18.2 Å². The average Bonchev–Trinajstić information content (AvgIpc) is 2.62. The van der Waals surface area contributed by atoms with Gasteiger partial charge in [0.1, 0.15) is 12.4 Å². The van der Waals surface area contributed by atoms with Crippen LogP contribution in [-0.2, 0) is 6.54 Å². The summed E-state index contributed by atoms with van der Waals surface area (Å²) in [5.41, 5.74) is 2.50. The standard InChI is InChI=1S/C20H26N2O2/c23-13-14-24-20-10-8-17(9-11-20)15-22-12-4-7-19(16-22)21-18-5-2-1-3-6-18/h1-3,5-6,8-11,19,21,23H,4,7,12-16H2/t19-/m1/s1. The summed E-state index contributed by atoms with van der Waals surface area (Å²) >= 11 is 0. The minimum absolute atomic E-state index is 0.0470. The molecule has 2 N–H and O–H groups in total. The lowest BCUT2D eigenvalue weighted by Gasteiger charge is -2.33. The molecule has 0 aromatic heterocycles. The van der Waals surface area contributed by atoms with Gasteiger partial charge in [0.15, 0.2) is 0 Å². The van der Waals surface area contributed by atoms with E-state index in [9.17, 15) is 0 Å². The molecule has 0 saturated carbocycles. The van der Waals surface area contributed by atoms with Crippen molar-refractivity contribution in [2.45, 2.75) is 25.4 Å². The van der Waals surface area contributed by atoms with Crippen molar-refractivity contribution in [1.82, 2.24) is 4.90 Å². The highest BCUT2D eigenvalue weighted by atomic mass is 16.5. The Hall–Kier alpha value is -2.04. The van der Waals surface area contributed by atoms with Crippen LogP contribution in [0.4, 0.5) is 5.69 Å². The lowest BCUT2D eigenvalue weighted by atomic mass is 10.0. The number of benzene rings is 2. The molecule has 0 bridgehead atoms. The second-order valence-corrected chi connectivity index (χ2v) is 6.30. The van der Waals surface area contributed by atoms with Crippen molar-refractivity contribution < 1.29 is 9.84 Å². The third-order valence-corrected chi connectivity index (χ3v) is 4.34. The summed E-state index contributed by atoms with van der Waals surface area (Å²) in [7, 11) is 0. The van der Waals surface area contributed by atoms with Crippen LogP contribution in [-0.4, -0.2) is 42.4 Å². The number of nitrogens with one attached hydrogen (secondary N) is 1. The van der Waals surface area contributed by atoms with Gasteiger partial charge in [0.25, 0.3) is 0 Å². The summed E-state index contributed by atoms with van der Waals surface area (Å²) in [4.78, 5) is 2.51. The first-order chi connectivity index (χ1) is 11.8. The fraction of sp³-hybridized carbons (Fsp3) is 0.400. The van der Waals surface area contributed by atoms with Crippen molar-refractivity contribution in [3.63, 3.8) is 0 Å². The monoisotopic (exact) mass is 326 g/mol. The normalized spacial score (nSPS) is 18.3. The predicted molar refractivity (Wildman–Crippen MR) is 97.4 cm³/mol. The quantitative estimate of drug-likeness (QED) is 0.820. The Balaban J connectivity index is 1.51. The summed E-state index contributed by atoms with van der Waals surface area (Å²) in [5.74, 6) is 0.815. The van der Waals surface area contributed by atoms with Crippen LogP contribution in [0.25, 0.3) is 0 Å². The molecule has 0 spiro atoms. The number of piperidine rings is 1. The fourth-order valence-corrected chi connectivity index (χ4v) is 3.20. The molecule has 0 unspecified atom stereocenters. The van der Waals surface area contributed by atoms with Crippen LogP contribution >= 0.6 is 0 Å². The zero-order valence-corrected chi connectivity index (χ0v) is 14.0. The summed E-state index contributed by atoms with van der Waals surface area (Å²) in [6.45, 7) is 3.57. The van der Waals surface area contributed by atoms with E-state index in [1.54, 1.807) is 0 Å².